The van der Waals surface area contributed by atoms with Gasteiger partial charge in [0.15, 0.2) is 0 Å². The van der Waals surface area contributed by atoms with Crippen molar-refractivity contribution in [2.24, 2.45) is 0 Å². The molecule has 0 bridgehead atoms. The van der Waals surface area contributed by atoms with E-state index >= 15 is 0 Å². The van der Waals surface area contributed by atoms with Crippen molar-refractivity contribution in [3.05, 3.63) is 58.7 Å². The molecule has 2 aliphatic rings. The van der Waals surface area contributed by atoms with Crippen LogP contribution >= 0.6 is 0 Å². The van der Waals surface area contributed by atoms with Gasteiger partial charge in [0.25, 0.3) is 10.1 Å². The first-order valence-corrected chi connectivity index (χ1v) is 12.2. The molecule has 1 N–H and O–H groups in total. The molecule has 13 heteroatoms. The smallest absolute Gasteiger partial charge is 0.275 e. The Morgan fingerprint density at radius 1 is 0.759 bits per heavy atom. The van der Waals surface area contributed by atoms with Crippen LogP contribution in [0.4, 0.5) is 0 Å². The highest BCUT2D eigenvalue weighted by atomic mass is 32.2. The summed E-state index contributed by atoms with van der Waals surface area (Å²) in [6.07, 6.45) is 1.28. The Bertz CT molecular complexity index is 1480. The number of rotatable bonds is 3. The molecule has 0 aliphatic heterocycles. The molecule has 29 heavy (non-hydrogen) atoms. The Morgan fingerprint density at radius 2 is 1.28 bits per heavy atom. The third-order valence-corrected chi connectivity index (χ3v) is 7.81. The molecule has 2 atom stereocenters. The first-order valence-electron chi connectivity index (χ1n) is 7.79. The van der Waals surface area contributed by atoms with E-state index in [4.69, 9.17) is 0 Å². The highest BCUT2D eigenvalue weighted by molar-refractivity contribution is 7.95. The van der Waals surface area contributed by atoms with E-state index in [9.17, 15) is 44.0 Å². The Hall–Kier alpha value is -2.29. The second kappa shape index (κ2) is 5.87. The average molecular weight is 457 g/mol. The molecule has 2 aromatic rings. The van der Waals surface area contributed by atoms with Crippen LogP contribution in [0.15, 0.2) is 36.4 Å². The van der Waals surface area contributed by atoms with Gasteiger partial charge in [-0.05, 0) is 39.1 Å². The maximum absolute atomic E-state index is 12.4. The largest absolute Gasteiger partial charge is 0.872 e. The van der Waals surface area contributed by atoms with Crippen molar-refractivity contribution < 1.29 is 44.0 Å². The fourth-order valence-corrected chi connectivity index (χ4v) is 6.22. The van der Waals surface area contributed by atoms with E-state index in [1.165, 1.54) is 0 Å². The monoisotopic (exact) mass is 457 g/mol. The van der Waals surface area contributed by atoms with Crippen molar-refractivity contribution in [1.29, 1.82) is 0 Å². The van der Waals surface area contributed by atoms with Crippen LogP contribution in [0.3, 0.4) is 0 Å². The molecular formula is C16H9O10S3-3. The van der Waals surface area contributed by atoms with Gasteiger partial charge in [-0.25, -0.2) is 16.8 Å². The summed E-state index contributed by atoms with van der Waals surface area (Å²) < 4.78 is 103. The van der Waals surface area contributed by atoms with Crippen LogP contribution in [0.5, 0.6) is 0 Å². The second-order valence-electron chi connectivity index (χ2n) is 6.52. The minimum absolute atomic E-state index is 0.0980. The van der Waals surface area contributed by atoms with Crippen LogP contribution in [0, 0.1) is 0 Å². The summed E-state index contributed by atoms with van der Waals surface area (Å²) in [5.41, 5.74) is -0.674. The van der Waals surface area contributed by atoms with E-state index in [1.807, 2.05) is 0 Å². The standard InChI is InChI=1S/C16H12O10S3/c17-11-5-12(27(18,19)20)8-3-4-10-14(29(24,25)26)6-13(28(21,22)23)9-2-1-7(11)15(8)16(9)10/h1-6,12,14,17H,(H,18,19,20)(H,21,22,23)(H,24,25,26)/p-3. The summed E-state index contributed by atoms with van der Waals surface area (Å²) in [6, 6.07) is 4.50. The molecule has 0 amide bonds. The average Bonchev–Trinajstić information content (AvgIpc) is 2.57. The van der Waals surface area contributed by atoms with Gasteiger partial charge in [0.05, 0.1) is 10.2 Å². The van der Waals surface area contributed by atoms with Crippen LogP contribution in [0.25, 0.3) is 21.4 Å². The van der Waals surface area contributed by atoms with Gasteiger partial charge in [-0.15, -0.1) is 5.76 Å². The van der Waals surface area contributed by atoms with E-state index in [1.54, 1.807) is 0 Å². The molecule has 0 aromatic heterocycles. The van der Waals surface area contributed by atoms with Crippen LogP contribution in [0.2, 0.25) is 0 Å². The number of benzene rings is 2. The van der Waals surface area contributed by atoms with Crippen molar-refractivity contribution >= 4 is 51.8 Å². The van der Waals surface area contributed by atoms with Gasteiger partial charge in [-0.2, -0.15) is 8.42 Å². The van der Waals surface area contributed by atoms with Gasteiger partial charge in [0, 0.05) is 0 Å². The summed E-state index contributed by atoms with van der Waals surface area (Å²) in [5, 5.41) is 8.22. The third kappa shape index (κ3) is 2.97. The summed E-state index contributed by atoms with van der Waals surface area (Å²) in [4.78, 5) is -0.945. The third-order valence-electron chi connectivity index (χ3n) is 4.88. The van der Waals surface area contributed by atoms with E-state index in [0.29, 0.717) is 12.2 Å². The number of hydrogen-bond acceptors (Lipinski definition) is 9. The summed E-state index contributed by atoms with van der Waals surface area (Å²) in [7, 11) is -15.2. The van der Waals surface area contributed by atoms with Gasteiger partial charge in [0.1, 0.15) is 25.5 Å². The van der Waals surface area contributed by atoms with E-state index in [2.05, 4.69) is 0 Å². The maximum atomic E-state index is 12.4. The molecule has 0 spiro atoms. The van der Waals surface area contributed by atoms with E-state index in [0.717, 1.165) is 24.3 Å². The predicted octanol–water partition coefficient (Wildman–Crippen LogP) is -0.0305. The van der Waals surface area contributed by atoms with Gasteiger partial charge in [-0.3, -0.25) is 4.55 Å². The van der Waals surface area contributed by atoms with Crippen molar-refractivity contribution in [2.75, 3.05) is 0 Å². The van der Waals surface area contributed by atoms with E-state index in [-0.39, 0.29) is 33.0 Å². The van der Waals surface area contributed by atoms with Crippen LogP contribution in [-0.4, -0.2) is 38.9 Å². The van der Waals surface area contributed by atoms with Gasteiger partial charge < -0.3 is 14.2 Å². The van der Waals surface area contributed by atoms with E-state index < -0.39 is 51.5 Å². The van der Waals surface area contributed by atoms with Crippen molar-refractivity contribution in [2.45, 2.75) is 10.5 Å². The molecular weight excluding hydrogens is 448 g/mol. The molecule has 0 fully saturated rings. The first kappa shape index (κ1) is 20.0. The summed E-state index contributed by atoms with van der Waals surface area (Å²) in [6.45, 7) is 0. The predicted molar refractivity (Wildman–Crippen MR) is 96.3 cm³/mol. The van der Waals surface area contributed by atoms with Crippen molar-refractivity contribution in [3.63, 3.8) is 0 Å². The fourth-order valence-electron chi connectivity index (χ4n) is 3.77. The fraction of sp³-hybridized carbons (Fsp3) is 0.125. The van der Waals surface area contributed by atoms with Gasteiger partial charge in [-0.1, -0.05) is 30.3 Å². The lowest BCUT2D eigenvalue weighted by Crippen LogP contribution is -2.22. The molecule has 4 rings (SSSR count). The Kier molecular flexibility index (Phi) is 4.05. The molecule has 0 saturated carbocycles. The molecule has 10 nitrogen and oxygen atoms in total. The Labute approximate surface area is 165 Å². The SMILES string of the molecule is O=S(=O)([O-])C1=CC(S(=O)(=O)O)c2ccc3c4c(ccc1c24)C([O-])=CC3S(=O)(=O)[O-]. The summed E-state index contributed by atoms with van der Waals surface area (Å²) >= 11 is 0. The van der Waals surface area contributed by atoms with Gasteiger partial charge in [0.2, 0.25) is 0 Å². The maximum Gasteiger partial charge on any atom is 0.275 e. The lowest BCUT2D eigenvalue weighted by Gasteiger charge is -2.33. The first-order chi connectivity index (χ1) is 13.2. The number of hydrogen-bond donors (Lipinski definition) is 1. The van der Waals surface area contributed by atoms with Crippen LogP contribution in [0.1, 0.15) is 32.8 Å². The Balaban J connectivity index is 2.25. The highest BCUT2D eigenvalue weighted by Gasteiger charge is 2.35. The molecule has 2 aliphatic carbocycles. The van der Waals surface area contributed by atoms with Crippen LogP contribution < -0.4 is 5.11 Å². The van der Waals surface area contributed by atoms with Crippen molar-refractivity contribution in [1.82, 2.24) is 0 Å². The normalized spacial score (nSPS) is 21.6. The molecule has 2 unspecified atom stereocenters. The van der Waals surface area contributed by atoms with Crippen LogP contribution in [-0.2, 0) is 30.4 Å². The lowest BCUT2D eigenvalue weighted by molar-refractivity contribution is -0.244. The second-order valence-corrected chi connectivity index (χ2v) is 10.9. The Morgan fingerprint density at radius 3 is 1.79 bits per heavy atom. The van der Waals surface area contributed by atoms with Crippen molar-refractivity contribution in [3.8, 4) is 0 Å². The highest BCUT2D eigenvalue weighted by Crippen LogP contribution is 2.48. The molecule has 0 saturated heterocycles. The quantitative estimate of drug-likeness (QED) is 0.612. The molecule has 154 valence electrons. The minimum Gasteiger partial charge on any atom is -0.872 e. The molecule has 0 heterocycles. The minimum atomic E-state index is -5.22. The zero-order valence-corrected chi connectivity index (χ0v) is 16.4. The molecule has 0 radical (unpaired) electrons. The van der Waals surface area contributed by atoms with Gasteiger partial charge >= 0.3 is 0 Å². The lowest BCUT2D eigenvalue weighted by atomic mass is 9.84. The topological polar surface area (TPSA) is 192 Å². The zero-order valence-electron chi connectivity index (χ0n) is 14.0. The summed E-state index contributed by atoms with van der Waals surface area (Å²) in [5.74, 6) is -0.838. The molecule has 2 aromatic carbocycles. The zero-order chi connectivity index (χ0) is 21.5.